The van der Waals surface area contributed by atoms with E-state index in [-0.39, 0.29) is 0 Å². The van der Waals surface area contributed by atoms with Crippen molar-refractivity contribution in [2.45, 2.75) is 32.1 Å². The van der Waals surface area contributed by atoms with Gasteiger partial charge in [0.25, 0.3) is 0 Å². The van der Waals surface area contributed by atoms with Crippen molar-refractivity contribution < 1.29 is 8.42 Å². The fourth-order valence-electron chi connectivity index (χ4n) is 2.01. The fraction of sp³-hybridized carbons (Fsp3) is 0.538. The molecule has 0 saturated carbocycles. The quantitative estimate of drug-likeness (QED) is 0.844. The summed E-state index contributed by atoms with van der Waals surface area (Å²) in [5.74, 6) is 0. The highest BCUT2D eigenvalue weighted by Crippen LogP contribution is 2.29. The molecule has 1 heterocycles. The SMILES string of the molecule is CC(C)(C)S(=O)(=O)N1CCNCc2ccccc21. The highest BCUT2D eigenvalue weighted by Gasteiger charge is 2.36. The lowest BCUT2D eigenvalue weighted by Crippen LogP contribution is -2.44. The van der Waals surface area contributed by atoms with Crippen LogP contribution in [0.1, 0.15) is 26.3 Å². The van der Waals surface area contributed by atoms with Gasteiger partial charge in [-0.15, -0.1) is 0 Å². The topological polar surface area (TPSA) is 49.4 Å². The number of sulfonamides is 1. The van der Waals surface area contributed by atoms with Crippen molar-refractivity contribution in [1.82, 2.24) is 5.32 Å². The van der Waals surface area contributed by atoms with E-state index in [2.05, 4.69) is 5.32 Å². The number of fused-ring (bicyclic) bond motifs is 1. The molecule has 1 N–H and O–H groups in total. The summed E-state index contributed by atoms with van der Waals surface area (Å²) in [6.45, 7) is 7.09. The van der Waals surface area contributed by atoms with Gasteiger partial charge in [-0.05, 0) is 32.4 Å². The van der Waals surface area contributed by atoms with Crippen molar-refractivity contribution in [2.24, 2.45) is 0 Å². The minimum atomic E-state index is -3.34. The molecule has 100 valence electrons. The third-order valence-corrected chi connectivity index (χ3v) is 5.64. The first kappa shape index (κ1) is 13.4. The molecule has 0 aromatic heterocycles. The number of para-hydroxylation sites is 1. The molecule has 0 radical (unpaired) electrons. The van der Waals surface area contributed by atoms with Crippen molar-refractivity contribution >= 4 is 15.7 Å². The van der Waals surface area contributed by atoms with E-state index in [1.165, 1.54) is 0 Å². The largest absolute Gasteiger partial charge is 0.311 e. The van der Waals surface area contributed by atoms with Crippen LogP contribution in [0.3, 0.4) is 0 Å². The van der Waals surface area contributed by atoms with Gasteiger partial charge in [0.05, 0.1) is 10.4 Å². The Bertz CT molecular complexity index is 532. The summed E-state index contributed by atoms with van der Waals surface area (Å²) in [5.41, 5.74) is 1.83. The van der Waals surface area contributed by atoms with Crippen LogP contribution in [0.15, 0.2) is 24.3 Å². The zero-order valence-corrected chi connectivity index (χ0v) is 11.9. The molecule has 4 nitrogen and oxygen atoms in total. The molecule has 0 fully saturated rings. The summed E-state index contributed by atoms with van der Waals surface area (Å²) in [7, 11) is -3.34. The van der Waals surface area contributed by atoms with Crippen LogP contribution in [-0.2, 0) is 16.6 Å². The number of hydrogen-bond donors (Lipinski definition) is 1. The Labute approximate surface area is 109 Å². The van der Waals surface area contributed by atoms with Gasteiger partial charge in [0.15, 0.2) is 0 Å². The number of hydrogen-bond acceptors (Lipinski definition) is 3. The summed E-state index contributed by atoms with van der Waals surface area (Å²) >= 11 is 0. The average Bonchev–Trinajstić information content (AvgIpc) is 2.49. The molecule has 0 bridgehead atoms. The second kappa shape index (κ2) is 4.55. The molecule has 5 heteroatoms. The molecule has 18 heavy (non-hydrogen) atoms. The molecule has 2 rings (SSSR count). The number of nitrogens with one attached hydrogen (secondary N) is 1. The lowest BCUT2D eigenvalue weighted by Gasteiger charge is -2.31. The molecule has 1 aliphatic rings. The standard InChI is InChI=1S/C13H20N2O2S/c1-13(2,3)18(16,17)15-9-8-14-10-11-6-4-5-7-12(11)15/h4-7,14H,8-10H2,1-3H3. The first-order chi connectivity index (χ1) is 8.34. The maximum atomic E-state index is 12.6. The Kier molecular flexibility index (Phi) is 3.38. The second-order valence-corrected chi connectivity index (χ2v) is 8.11. The Hall–Kier alpha value is -1.07. The van der Waals surface area contributed by atoms with Gasteiger partial charge >= 0.3 is 0 Å². The Morgan fingerprint density at radius 1 is 1.22 bits per heavy atom. The predicted molar refractivity (Wildman–Crippen MR) is 74.2 cm³/mol. The molecule has 0 unspecified atom stereocenters. The van der Waals surface area contributed by atoms with Gasteiger partial charge in [0.1, 0.15) is 0 Å². The zero-order chi connectivity index (χ0) is 13.4. The average molecular weight is 268 g/mol. The summed E-state index contributed by atoms with van der Waals surface area (Å²) in [6.07, 6.45) is 0. The molecule has 0 aliphatic carbocycles. The maximum absolute atomic E-state index is 12.6. The van der Waals surface area contributed by atoms with Crippen LogP contribution < -0.4 is 9.62 Å². The van der Waals surface area contributed by atoms with Crippen LogP contribution in [0.5, 0.6) is 0 Å². The Morgan fingerprint density at radius 3 is 2.56 bits per heavy atom. The molecule has 1 aromatic rings. The van der Waals surface area contributed by atoms with Gasteiger partial charge in [-0.2, -0.15) is 0 Å². The summed E-state index contributed by atoms with van der Waals surface area (Å²) in [4.78, 5) is 0. The number of benzene rings is 1. The first-order valence-electron chi connectivity index (χ1n) is 6.15. The normalized spacial score (nSPS) is 17.2. The van der Waals surface area contributed by atoms with Crippen LogP contribution in [0.4, 0.5) is 5.69 Å². The minimum Gasteiger partial charge on any atom is -0.311 e. The summed E-state index contributed by atoms with van der Waals surface area (Å²) < 4.78 is 26.0. The second-order valence-electron chi connectivity index (χ2n) is 5.50. The molecule has 1 aromatic carbocycles. The third kappa shape index (κ3) is 2.24. The van der Waals surface area contributed by atoms with Gasteiger partial charge in [0.2, 0.25) is 10.0 Å². The van der Waals surface area contributed by atoms with E-state index in [1.807, 2.05) is 24.3 Å². The molecular formula is C13H20N2O2S. The van der Waals surface area contributed by atoms with Crippen LogP contribution in [0.25, 0.3) is 0 Å². The maximum Gasteiger partial charge on any atom is 0.240 e. The van der Waals surface area contributed by atoms with Gasteiger partial charge in [-0.25, -0.2) is 8.42 Å². The van der Waals surface area contributed by atoms with Crippen LogP contribution in [0, 0.1) is 0 Å². The lowest BCUT2D eigenvalue weighted by atomic mass is 10.2. The van der Waals surface area contributed by atoms with E-state index in [4.69, 9.17) is 0 Å². The summed E-state index contributed by atoms with van der Waals surface area (Å²) in [5, 5.41) is 3.25. The van der Waals surface area contributed by atoms with Crippen molar-refractivity contribution in [3.63, 3.8) is 0 Å². The zero-order valence-electron chi connectivity index (χ0n) is 11.1. The van der Waals surface area contributed by atoms with Gasteiger partial charge < -0.3 is 5.32 Å². The van der Waals surface area contributed by atoms with Crippen molar-refractivity contribution in [1.29, 1.82) is 0 Å². The number of rotatable bonds is 1. The molecule has 1 aliphatic heterocycles. The monoisotopic (exact) mass is 268 g/mol. The van der Waals surface area contributed by atoms with E-state index in [0.29, 0.717) is 19.6 Å². The van der Waals surface area contributed by atoms with Gasteiger partial charge in [-0.1, -0.05) is 18.2 Å². The predicted octanol–water partition coefficient (Wildman–Crippen LogP) is 1.72. The highest BCUT2D eigenvalue weighted by atomic mass is 32.2. The smallest absolute Gasteiger partial charge is 0.240 e. The van der Waals surface area contributed by atoms with Crippen LogP contribution in [0.2, 0.25) is 0 Å². The first-order valence-corrected chi connectivity index (χ1v) is 7.59. The molecule has 0 saturated heterocycles. The van der Waals surface area contributed by atoms with Crippen LogP contribution >= 0.6 is 0 Å². The van der Waals surface area contributed by atoms with E-state index in [0.717, 1.165) is 11.3 Å². The lowest BCUT2D eigenvalue weighted by molar-refractivity contribution is 0.554. The Morgan fingerprint density at radius 2 is 1.89 bits per heavy atom. The van der Waals surface area contributed by atoms with Gasteiger partial charge in [0, 0.05) is 19.6 Å². The van der Waals surface area contributed by atoms with E-state index in [1.54, 1.807) is 25.1 Å². The van der Waals surface area contributed by atoms with E-state index >= 15 is 0 Å². The van der Waals surface area contributed by atoms with E-state index < -0.39 is 14.8 Å². The fourth-order valence-corrected chi connectivity index (χ4v) is 3.44. The molecule has 0 amide bonds. The molecular weight excluding hydrogens is 248 g/mol. The van der Waals surface area contributed by atoms with Crippen molar-refractivity contribution in [3.05, 3.63) is 29.8 Å². The molecule has 0 spiro atoms. The molecule has 0 atom stereocenters. The summed E-state index contributed by atoms with van der Waals surface area (Å²) in [6, 6.07) is 7.67. The highest BCUT2D eigenvalue weighted by molar-refractivity contribution is 7.94. The Balaban J connectivity index is 2.53. The van der Waals surface area contributed by atoms with Gasteiger partial charge in [-0.3, -0.25) is 4.31 Å². The third-order valence-electron chi connectivity index (χ3n) is 3.13. The van der Waals surface area contributed by atoms with Crippen LogP contribution in [-0.4, -0.2) is 26.3 Å². The number of nitrogens with zero attached hydrogens (tertiary/aromatic N) is 1. The minimum absolute atomic E-state index is 0.483. The number of anilines is 1. The van der Waals surface area contributed by atoms with Crippen molar-refractivity contribution in [3.8, 4) is 0 Å². The van der Waals surface area contributed by atoms with E-state index in [9.17, 15) is 8.42 Å². The van der Waals surface area contributed by atoms with Crippen molar-refractivity contribution in [2.75, 3.05) is 17.4 Å².